The van der Waals surface area contributed by atoms with Crippen LogP contribution >= 0.6 is 0 Å². The molecular formula is C15H21NO3S. The molecule has 1 aromatic rings. The van der Waals surface area contributed by atoms with Crippen LogP contribution < -0.4 is 0 Å². The lowest BCUT2D eigenvalue weighted by Crippen LogP contribution is -2.31. The number of nitrogens with zero attached hydrogens (tertiary/aromatic N) is 1. The summed E-state index contributed by atoms with van der Waals surface area (Å²) in [5.74, 6) is 0.445. The quantitative estimate of drug-likeness (QED) is 0.903. The summed E-state index contributed by atoms with van der Waals surface area (Å²) in [6.07, 6.45) is 1.41. The van der Waals surface area contributed by atoms with E-state index in [1.807, 2.05) is 26.0 Å². The first kappa shape index (κ1) is 14.0. The summed E-state index contributed by atoms with van der Waals surface area (Å²) in [7, 11) is -3.43. The molecule has 0 spiro atoms. The number of rotatable bonds is 2. The molecule has 1 aliphatic carbocycles. The Morgan fingerprint density at radius 3 is 2.60 bits per heavy atom. The van der Waals surface area contributed by atoms with Crippen molar-refractivity contribution in [3.63, 3.8) is 0 Å². The second-order valence-electron chi connectivity index (χ2n) is 6.16. The molecule has 1 aromatic carbocycles. The Kier molecular flexibility index (Phi) is 3.39. The van der Waals surface area contributed by atoms with Gasteiger partial charge in [-0.3, -0.25) is 0 Å². The fraction of sp³-hybridized carbons (Fsp3) is 0.600. The monoisotopic (exact) mass is 295 g/mol. The molecule has 2 fully saturated rings. The number of benzene rings is 1. The predicted molar refractivity (Wildman–Crippen MR) is 76.9 cm³/mol. The molecule has 110 valence electrons. The second-order valence-corrected chi connectivity index (χ2v) is 8.07. The molecule has 3 unspecified atom stereocenters. The van der Waals surface area contributed by atoms with Crippen LogP contribution in [0.1, 0.15) is 24.0 Å². The predicted octanol–water partition coefficient (Wildman–Crippen LogP) is 1.69. The summed E-state index contributed by atoms with van der Waals surface area (Å²) in [4.78, 5) is 0.401. The molecule has 0 bridgehead atoms. The van der Waals surface area contributed by atoms with E-state index in [1.165, 1.54) is 0 Å². The van der Waals surface area contributed by atoms with Gasteiger partial charge in [-0.25, -0.2) is 8.42 Å². The zero-order valence-corrected chi connectivity index (χ0v) is 12.7. The Morgan fingerprint density at radius 2 is 1.95 bits per heavy atom. The smallest absolute Gasteiger partial charge is 0.243 e. The zero-order chi connectivity index (χ0) is 14.5. The van der Waals surface area contributed by atoms with E-state index in [2.05, 4.69) is 0 Å². The van der Waals surface area contributed by atoms with Crippen molar-refractivity contribution in [1.29, 1.82) is 0 Å². The zero-order valence-electron chi connectivity index (χ0n) is 11.9. The Morgan fingerprint density at radius 1 is 1.20 bits per heavy atom. The van der Waals surface area contributed by atoms with Gasteiger partial charge in [-0.1, -0.05) is 17.7 Å². The highest BCUT2D eigenvalue weighted by Gasteiger charge is 2.45. The van der Waals surface area contributed by atoms with Gasteiger partial charge in [0.15, 0.2) is 0 Å². The fourth-order valence-corrected chi connectivity index (χ4v) is 5.36. The van der Waals surface area contributed by atoms with Crippen molar-refractivity contribution in [3.05, 3.63) is 29.3 Å². The van der Waals surface area contributed by atoms with Gasteiger partial charge in [-0.2, -0.15) is 4.31 Å². The van der Waals surface area contributed by atoms with Crippen molar-refractivity contribution < 1.29 is 13.5 Å². The molecule has 2 aliphatic rings. The largest absolute Gasteiger partial charge is 0.393 e. The number of hydrogen-bond acceptors (Lipinski definition) is 3. The number of sulfonamides is 1. The van der Waals surface area contributed by atoms with Gasteiger partial charge < -0.3 is 5.11 Å². The van der Waals surface area contributed by atoms with E-state index in [4.69, 9.17) is 0 Å². The van der Waals surface area contributed by atoms with E-state index in [-0.39, 0.29) is 12.0 Å². The van der Waals surface area contributed by atoms with Crippen LogP contribution in [0.15, 0.2) is 23.1 Å². The molecule has 1 N–H and O–H groups in total. The molecule has 4 nitrogen and oxygen atoms in total. The fourth-order valence-electron chi connectivity index (χ4n) is 3.62. The average Bonchev–Trinajstić information content (AvgIpc) is 2.92. The van der Waals surface area contributed by atoms with Crippen molar-refractivity contribution >= 4 is 10.0 Å². The standard InChI is InChI=1S/C15H21NO3S/c1-10-3-6-15(11(2)7-10)20(18,19)16-8-12-4-5-14(17)13(12)9-16/h3,6-7,12-14,17H,4-5,8-9H2,1-2H3. The summed E-state index contributed by atoms with van der Waals surface area (Å²) in [6, 6.07) is 5.44. The van der Waals surface area contributed by atoms with Crippen LogP contribution in [0.25, 0.3) is 0 Å². The molecule has 5 heteroatoms. The summed E-state index contributed by atoms with van der Waals surface area (Å²) in [5, 5.41) is 9.92. The molecule has 1 saturated heterocycles. The van der Waals surface area contributed by atoms with Crippen LogP contribution in [-0.2, 0) is 10.0 Å². The van der Waals surface area contributed by atoms with E-state index in [0.717, 1.165) is 24.0 Å². The third kappa shape index (κ3) is 2.18. The van der Waals surface area contributed by atoms with Crippen LogP contribution in [0, 0.1) is 25.7 Å². The van der Waals surface area contributed by atoms with Crippen molar-refractivity contribution in [2.24, 2.45) is 11.8 Å². The highest BCUT2D eigenvalue weighted by molar-refractivity contribution is 7.89. The van der Waals surface area contributed by atoms with E-state index >= 15 is 0 Å². The third-order valence-electron chi connectivity index (χ3n) is 4.73. The van der Waals surface area contributed by atoms with Gasteiger partial charge >= 0.3 is 0 Å². The van der Waals surface area contributed by atoms with E-state index < -0.39 is 10.0 Å². The molecule has 1 heterocycles. The molecule has 0 aromatic heterocycles. The van der Waals surface area contributed by atoms with Crippen LogP contribution in [0.3, 0.4) is 0 Å². The van der Waals surface area contributed by atoms with Gasteiger partial charge in [0.25, 0.3) is 0 Å². The number of aliphatic hydroxyl groups is 1. The maximum Gasteiger partial charge on any atom is 0.243 e. The first-order valence-corrected chi connectivity index (χ1v) is 8.59. The van der Waals surface area contributed by atoms with Crippen LogP contribution in [0.4, 0.5) is 0 Å². The van der Waals surface area contributed by atoms with E-state index in [0.29, 0.717) is 23.9 Å². The molecule has 1 aliphatic heterocycles. The maximum absolute atomic E-state index is 12.7. The Balaban J connectivity index is 1.90. The normalized spacial score (nSPS) is 30.6. The lowest BCUT2D eigenvalue weighted by molar-refractivity contribution is 0.129. The van der Waals surface area contributed by atoms with Gasteiger partial charge in [0, 0.05) is 19.0 Å². The SMILES string of the molecule is Cc1ccc(S(=O)(=O)N2CC3CCC(O)C3C2)c(C)c1. The topological polar surface area (TPSA) is 57.6 Å². The Labute approximate surface area is 120 Å². The highest BCUT2D eigenvalue weighted by Crippen LogP contribution is 2.40. The summed E-state index contributed by atoms with van der Waals surface area (Å²) < 4.78 is 27.1. The molecule has 0 radical (unpaired) electrons. The van der Waals surface area contributed by atoms with E-state index in [9.17, 15) is 13.5 Å². The molecule has 20 heavy (non-hydrogen) atoms. The summed E-state index contributed by atoms with van der Waals surface area (Å²) >= 11 is 0. The van der Waals surface area contributed by atoms with Crippen LogP contribution in [0.5, 0.6) is 0 Å². The number of hydrogen-bond donors (Lipinski definition) is 1. The van der Waals surface area contributed by atoms with Crippen LogP contribution in [-0.4, -0.2) is 37.0 Å². The second kappa shape index (κ2) is 4.83. The van der Waals surface area contributed by atoms with Gasteiger partial charge in [-0.15, -0.1) is 0 Å². The van der Waals surface area contributed by atoms with Crippen molar-refractivity contribution in [2.45, 2.75) is 37.7 Å². The van der Waals surface area contributed by atoms with E-state index in [1.54, 1.807) is 10.4 Å². The van der Waals surface area contributed by atoms with Gasteiger partial charge in [0.2, 0.25) is 10.0 Å². The molecule has 1 saturated carbocycles. The third-order valence-corrected chi connectivity index (χ3v) is 6.73. The van der Waals surface area contributed by atoms with Gasteiger partial charge in [0.05, 0.1) is 11.0 Å². The lowest BCUT2D eigenvalue weighted by Gasteiger charge is -2.19. The minimum absolute atomic E-state index is 0.121. The van der Waals surface area contributed by atoms with Gasteiger partial charge in [0.1, 0.15) is 0 Å². The molecular weight excluding hydrogens is 274 g/mol. The Hall–Kier alpha value is -0.910. The van der Waals surface area contributed by atoms with Crippen molar-refractivity contribution in [3.8, 4) is 0 Å². The summed E-state index contributed by atoms with van der Waals surface area (Å²) in [5.41, 5.74) is 1.86. The first-order valence-electron chi connectivity index (χ1n) is 7.15. The average molecular weight is 295 g/mol. The molecule has 3 atom stereocenters. The minimum Gasteiger partial charge on any atom is -0.393 e. The molecule has 0 amide bonds. The molecule has 3 rings (SSSR count). The number of fused-ring (bicyclic) bond motifs is 1. The highest BCUT2D eigenvalue weighted by atomic mass is 32.2. The first-order chi connectivity index (χ1) is 9.39. The van der Waals surface area contributed by atoms with Gasteiger partial charge in [-0.05, 0) is 44.2 Å². The number of aryl methyl sites for hydroxylation is 2. The lowest BCUT2D eigenvalue weighted by atomic mass is 10.00. The maximum atomic E-state index is 12.7. The van der Waals surface area contributed by atoms with Crippen LogP contribution in [0.2, 0.25) is 0 Å². The van der Waals surface area contributed by atoms with Crippen molar-refractivity contribution in [1.82, 2.24) is 4.31 Å². The van der Waals surface area contributed by atoms with Crippen molar-refractivity contribution in [2.75, 3.05) is 13.1 Å². The Bertz CT molecular complexity index is 626. The minimum atomic E-state index is -3.43. The number of aliphatic hydroxyl groups excluding tert-OH is 1. The summed E-state index contributed by atoms with van der Waals surface area (Å²) in [6.45, 7) is 4.81.